The molecule has 1 aliphatic carbocycles. The van der Waals surface area contributed by atoms with Gasteiger partial charge in [-0.05, 0) is 19.3 Å². The van der Waals surface area contributed by atoms with Gasteiger partial charge in [0.15, 0.2) is 0 Å². The smallest absolute Gasteiger partial charge is 0.246 e. The fraction of sp³-hybridized carbons (Fsp3) is 0.700. The molecular weight excluding hydrogens is 180 g/mol. The molecule has 0 heterocycles. The average Bonchev–Trinajstić information content (AvgIpc) is 2.58. The Balaban J connectivity index is 2.08. The molecule has 0 spiro atoms. The van der Waals surface area contributed by atoms with E-state index in [9.17, 15) is 4.79 Å². The summed E-state index contributed by atoms with van der Waals surface area (Å²) in [7, 11) is 0. The fourth-order valence-electron chi connectivity index (χ4n) is 1.56. The van der Waals surface area contributed by atoms with Crippen LogP contribution in [0, 0.1) is 0 Å². The molecule has 1 rings (SSSR count). The van der Waals surface area contributed by atoms with E-state index in [1.807, 2.05) is 0 Å². The molecule has 1 fully saturated rings. The van der Waals surface area contributed by atoms with Crippen LogP contribution in [0.25, 0.3) is 0 Å². The lowest BCUT2D eigenvalue weighted by Crippen LogP contribution is -2.29. The van der Waals surface area contributed by atoms with Crippen molar-refractivity contribution in [3.8, 4) is 0 Å². The van der Waals surface area contributed by atoms with Gasteiger partial charge in [0.05, 0.1) is 6.10 Å². The van der Waals surface area contributed by atoms with Crippen molar-refractivity contribution in [2.24, 2.45) is 5.73 Å². The van der Waals surface area contributed by atoms with Crippen molar-refractivity contribution < 1.29 is 9.53 Å². The minimum atomic E-state index is -0.0922. The number of hydrogen-bond acceptors (Lipinski definition) is 3. The Morgan fingerprint density at radius 1 is 1.64 bits per heavy atom. The maximum absolute atomic E-state index is 11.1. The molecule has 80 valence electrons. The van der Waals surface area contributed by atoms with E-state index in [1.54, 1.807) is 6.08 Å². The molecule has 2 unspecified atom stereocenters. The first-order chi connectivity index (χ1) is 6.72. The van der Waals surface area contributed by atoms with Crippen LogP contribution in [0.4, 0.5) is 0 Å². The van der Waals surface area contributed by atoms with Crippen molar-refractivity contribution >= 4 is 5.91 Å². The van der Waals surface area contributed by atoms with Crippen molar-refractivity contribution in [1.82, 2.24) is 5.32 Å². The number of rotatable bonds is 5. The van der Waals surface area contributed by atoms with Gasteiger partial charge in [0.2, 0.25) is 5.91 Å². The molecule has 0 bridgehead atoms. The van der Waals surface area contributed by atoms with E-state index in [-0.39, 0.29) is 24.7 Å². The summed E-state index contributed by atoms with van der Waals surface area (Å²) in [6.07, 6.45) is 4.65. The Kier molecular flexibility index (Phi) is 4.62. The van der Waals surface area contributed by atoms with Gasteiger partial charge in [-0.15, -0.1) is 6.58 Å². The zero-order chi connectivity index (χ0) is 10.4. The van der Waals surface area contributed by atoms with Gasteiger partial charge in [0.1, 0.15) is 6.61 Å². The van der Waals surface area contributed by atoms with E-state index in [0.29, 0.717) is 6.54 Å². The summed E-state index contributed by atoms with van der Waals surface area (Å²) >= 11 is 0. The number of carbonyl (C=O) groups is 1. The van der Waals surface area contributed by atoms with Gasteiger partial charge >= 0.3 is 0 Å². The second-order valence-electron chi connectivity index (χ2n) is 3.60. The third-order valence-corrected chi connectivity index (χ3v) is 2.32. The Labute approximate surface area is 84.5 Å². The number of amides is 1. The van der Waals surface area contributed by atoms with Crippen LogP contribution in [-0.4, -0.2) is 31.2 Å². The molecule has 0 aliphatic heterocycles. The third-order valence-electron chi connectivity index (χ3n) is 2.32. The van der Waals surface area contributed by atoms with E-state index in [2.05, 4.69) is 11.9 Å². The van der Waals surface area contributed by atoms with Gasteiger partial charge < -0.3 is 15.8 Å². The Morgan fingerprint density at radius 3 is 3.00 bits per heavy atom. The lowest BCUT2D eigenvalue weighted by atomic mass is 10.3. The molecule has 0 aromatic heterocycles. The van der Waals surface area contributed by atoms with Crippen LogP contribution >= 0.6 is 0 Å². The molecule has 0 aromatic carbocycles. The predicted molar refractivity (Wildman–Crippen MR) is 54.8 cm³/mol. The highest BCUT2D eigenvalue weighted by molar-refractivity contribution is 5.77. The summed E-state index contributed by atoms with van der Waals surface area (Å²) in [4.78, 5) is 11.1. The largest absolute Gasteiger partial charge is 0.368 e. The first-order valence-corrected chi connectivity index (χ1v) is 4.97. The van der Waals surface area contributed by atoms with Gasteiger partial charge in [0, 0.05) is 12.6 Å². The number of nitrogens with one attached hydrogen (secondary N) is 1. The molecule has 2 atom stereocenters. The van der Waals surface area contributed by atoms with Gasteiger partial charge in [-0.25, -0.2) is 0 Å². The number of ether oxygens (including phenoxy) is 1. The van der Waals surface area contributed by atoms with Crippen LogP contribution in [0.3, 0.4) is 0 Å². The van der Waals surface area contributed by atoms with Crippen LogP contribution in [0.15, 0.2) is 12.7 Å². The normalized spacial score (nSPS) is 26.1. The van der Waals surface area contributed by atoms with E-state index < -0.39 is 0 Å². The summed E-state index contributed by atoms with van der Waals surface area (Å²) in [6, 6.07) is 0.247. The lowest BCUT2D eigenvalue weighted by molar-refractivity contribution is -0.127. The third kappa shape index (κ3) is 3.89. The van der Waals surface area contributed by atoms with E-state index in [0.717, 1.165) is 19.3 Å². The highest BCUT2D eigenvalue weighted by Crippen LogP contribution is 2.19. The molecule has 0 aromatic rings. The van der Waals surface area contributed by atoms with E-state index >= 15 is 0 Å². The molecule has 14 heavy (non-hydrogen) atoms. The van der Waals surface area contributed by atoms with Crippen molar-refractivity contribution in [2.75, 3.05) is 13.2 Å². The quantitative estimate of drug-likeness (QED) is 0.620. The molecule has 1 saturated carbocycles. The maximum Gasteiger partial charge on any atom is 0.246 e. The van der Waals surface area contributed by atoms with Gasteiger partial charge in [-0.2, -0.15) is 0 Å². The molecule has 1 amide bonds. The standard InChI is InChI=1S/C10H18N2O2/c1-2-5-12-10(13)7-14-9-4-3-8(11)6-9/h2,8-9H,1,3-7,11H2,(H,12,13). The summed E-state index contributed by atoms with van der Waals surface area (Å²) in [5.74, 6) is -0.0922. The van der Waals surface area contributed by atoms with Gasteiger partial charge in [-0.1, -0.05) is 6.08 Å². The summed E-state index contributed by atoms with van der Waals surface area (Å²) in [5.41, 5.74) is 5.72. The molecule has 4 heteroatoms. The van der Waals surface area contributed by atoms with Crippen molar-refractivity contribution in [2.45, 2.75) is 31.4 Å². The topological polar surface area (TPSA) is 64.3 Å². The van der Waals surface area contributed by atoms with Crippen molar-refractivity contribution in [3.05, 3.63) is 12.7 Å². The minimum Gasteiger partial charge on any atom is -0.368 e. The van der Waals surface area contributed by atoms with E-state index in [4.69, 9.17) is 10.5 Å². The molecule has 3 N–H and O–H groups in total. The lowest BCUT2D eigenvalue weighted by Gasteiger charge is -2.10. The molecule has 4 nitrogen and oxygen atoms in total. The molecule has 1 aliphatic rings. The molecule has 0 saturated heterocycles. The molecule has 0 radical (unpaired) electrons. The highest BCUT2D eigenvalue weighted by Gasteiger charge is 2.22. The van der Waals surface area contributed by atoms with Gasteiger partial charge in [0.25, 0.3) is 0 Å². The maximum atomic E-state index is 11.1. The van der Waals surface area contributed by atoms with Crippen LogP contribution in [0.2, 0.25) is 0 Å². The average molecular weight is 198 g/mol. The Hall–Kier alpha value is -0.870. The first kappa shape index (κ1) is 11.2. The predicted octanol–water partition coefficient (Wildman–Crippen LogP) is 0.185. The van der Waals surface area contributed by atoms with Crippen LogP contribution in [-0.2, 0) is 9.53 Å². The summed E-state index contributed by atoms with van der Waals surface area (Å²) in [5, 5.41) is 2.65. The number of nitrogens with two attached hydrogens (primary N) is 1. The molecular formula is C10H18N2O2. The summed E-state index contributed by atoms with van der Waals surface area (Å²) < 4.78 is 5.41. The van der Waals surface area contributed by atoms with Gasteiger partial charge in [-0.3, -0.25) is 4.79 Å². The second-order valence-corrected chi connectivity index (χ2v) is 3.60. The van der Waals surface area contributed by atoms with E-state index in [1.165, 1.54) is 0 Å². The number of carbonyl (C=O) groups excluding carboxylic acids is 1. The Bertz CT molecular complexity index is 206. The Morgan fingerprint density at radius 2 is 2.43 bits per heavy atom. The van der Waals surface area contributed by atoms with Crippen LogP contribution in [0.5, 0.6) is 0 Å². The van der Waals surface area contributed by atoms with Crippen LogP contribution < -0.4 is 11.1 Å². The van der Waals surface area contributed by atoms with Crippen molar-refractivity contribution in [3.63, 3.8) is 0 Å². The second kappa shape index (κ2) is 5.78. The SMILES string of the molecule is C=CCNC(=O)COC1CCC(N)C1. The van der Waals surface area contributed by atoms with Crippen molar-refractivity contribution in [1.29, 1.82) is 0 Å². The summed E-state index contributed by atoms with van der Waals surface area (Å²) in [6.45, 7) is 4.13. The fourth-order valence-corrected chi connectivity index (χ4v) is 1.56. The minimum absolute atomic E-state index is 0.0922. The number of hydrogen-bond donors (Lipinski definition) is 2. The zero-order valence-corrected chi connectivity index (χ0v) is 8.37. The highest BCUT2D eigenvalue weighted by atomic mass is 16.5. The zero-order valence-electron chi connectivity index (χ0n) is 8.37. The van der Waals surface area contributed by atoms with Crippen LogP contribution in [0.1, 0.15) is 19.3 Å². The first-order valence-electron chi connectivity index (χ1n) is 4.97. The monoisotopic (exact) mass is 198 g/mol.